The molecular weight excluding hydrogens is 462 g/mol. The molecule has 0 radical (unpaired) electrons. The van der Waals surface area contributed by atoms with Crippen LogP contribution in [0.5, 0.6) is 17.8 Å². The van der Waals surface area contributed by atoms with Gasteiger partial charge in [0, 0.05) is 7.85 Å². The maximum Gasteiger partial charge on any atom is 0.322 e. The molecule has 1 unspecified atom stereocenters. The van der Waals surface area contributed by atoms with Crippen LogP contribution < -0.4 is 19.5 Å². The van der Waals surface area contributed by atoms with Crippen LogP contribution in [0.4, 0.5) is 5.69 Å². The molecule has 9 nitrogen and oxygen atoms in total. The smallest absolute Gasteiger partial charge is 0.322 e. The Morgan fingerprint density at radius 3 is 2.28 bits per heavy atom. The molecule has 0 bridgehead atoms. The van der Waals surface area contributed by atoms with Gasteiger partial charge in [0.25, 0.3) is 5.91 Å². The normalized spacial score (nSPS) is 18.0. The maximum atomic E-state index is 13.0. The fourth-order valence-corrected chi connectivity index (χ4v) is 4.67. The molecule has 1 N–H and O–H groups in total. The first-order chi connectivity index (χ1) is 17.0. The van der Waals surface area contributed by atoms with E-state index in [2.05, 4.69) is 62.0 Å². The highest BCUT2D eigenvalue weighted by Gasteiger charge is 2.45. The van der Waals surface area contributed by atoms with E-state index in [1.807, 2.05) is 0 Å². The molecule has 1 aliphatic rings. The van der Waals surface area contributed by atoms with Crippen LogP contribution in [-0.2, 0) is 22.4 Å². The van der Waals surface area contributed by atoms with Gasteiger partial charge < -0.3 is 28.7 Å². The molecule has 3 heterocycles. The van der Waals surface area contributed by atoms with Crippen molar-refractivity contribution in [3.63, 3.8) is 0 Å². The molecule has 36 heavy (non-hydrogen) atoms. The van der Waals surface area contributed by atoms with Crippen molar-refractivity contribution in [1.29, 1.82) is 0 Å². The Balaban J connectivity index is 0.00000380. The first kappa shape index (κ1) is 25.5. The SMILES string of the molecule is CCC1(C)OC(C)(C)c2cc(C)c(Cc3ccc(C(=O)Nc4c(OC)nc(OC)nc4OC)o3)cc21.[HH]. The predicted molar refractivity (Wildman–Crippen MR) is 136 cm³/mol. The van der Waals surface area contributed by atoms with Gasteiger partial charge in [0.1, 0.15) is 5.76 Å². The number of rotatable bonds is 8. The second-order valence-electron chi connectivity index (χ2n) is 9.52. The number of carbonyl (C=O) groups excluding carboxylic acids is 1. The number of amides is 1. The highest BCUT2D eigenvalue weighted by Crippen LogP contribution is 2.49. The minimum Gasteiger partial charge on any atom is -0.479 e. The number of hydrogen-bond donors (Lipinski definition) is 1. The van der Waals surface area contributed by atoms with Crippen LogP contribution in [0, 0.1) is 6.92 Å². The molecule has 1 aliphatic heterocycles. The number of carbonyl (C=O) groups is 1. The number of nitrogens with zero attached hydrogens (tertiary/aromatic N) is 2. The molecule has 0 fully saturated rings. The average molecular weight is 498 g/mol. The van der Waals surface area contributed by atoms with E-state index in [0.29, 0.717) is 12.2 Å². The number of ether oxygens (including phenoxy) is 4. The number of anilines is 1. The number of furan rings is 1. The molecule has 1 amide bonds. The van der Waals surface area contributed by atoms with Crippen molar-refractivity contribution in [1.82, 2.24) is 9.97 Å². The van der Waals surface area contributed by atoms with Gasteiger partial charge >= 0.3 is 6.01 Å². The molecule has 9 heteroatoms. The van der Waals surface area contributed by atoms with Crippen molar-refractivity contribution >= 4 is 11.6 Å². The third kappa shape index (κ3) is 4.51. The Bertz CT molecular complexity index is 1280. The lowest BCUT2D eigenvalue weighted by molar-refractivity contribution is -0.117. The summed E-state index contributed by atoms with van der Waals surface area (Å²) in [6, 6.07) is 7.93. The van der Waals surface area contributed by atoms with E-state index in [1.165, 1.54) is 32.5 Å². The summed E-state index contributed by atoms with van der Waals surface area (Å²) < 4.78 is 28.0. The zero-order valence-electron chi connectivity index (χ0n) is 22.1. The van der Waals surface area contributed by atoms with Crippen LogP contribution in [-0.4, -0.2) is 37.2 Å². The van der Waals surface area contributed by atoms with Crippen LogP contribution in [0.2, 0.25) is 0 Å². The Morgan fingerprint density at radius 1 is 1.03 bits per heavy atom. The van der Waals surface area contributed by atoms with E-state index in [4.69, 9.17) is 23.4 Å². The van der Waals surface area contributed by atoms with Gasteiger partial charge in [0.05, 0.1) is 32.5 Å². The number of benzene rings is 1. The monoisotopic (exact) mass is 497 g/mol. The first-order valence-corrected chi connectivity index (χ1v) is 11.8. The summed E-state index contributed by atoms with van der Waals surface area (Å²) >= 11 is 0. The van der Waals surface area contributed by atoms with Crippen molar-refractivity contribution in [3.8, 4) is 17.8 Å². The summed E-state index contributed by atoms with van der Waals surface area (Å²) in [5.41, 5.74) is 4.21. The second kappa shape index (κ2) is 9.46. The van der Waals surface area contributed by atoms with Gasteiger partial charge in [-0.25, -0.2) is 0 Å². The lowest BCUT2D eigenvalue weighted by Gasteiger charge is -2.27. The highest BCUT2D eigenvalue weighted by molar-refractivity contribution is 6.03. The van der Waals surface area contributed by atoms with Gasteiger partial charge in [-0.1, -0.05) is 19.1 Å². The van der Waals surface area contributed by atoms with Crippen molar-refractivity contribution in [2.24, 2.45) is 0 Å². The van der Waals surface area contributed by atoms with Crippen LogP contribution in [0.3, 0.4) is 0 Å². The number of aryl methyl sites for hydroxylation is 1. The summed E-state index contributed by atoms with van der Waals surface area (Å²) in [4.78, 5) is 21.2. The fraction of sp³-hybridized carbons (Fsp3) is 0.444. The number of aromatic nitrogens is 2. The van der Waals surface area contributed by atoms with Gasteiger partial charge in [0.15, 0.2) is 11.4 Å². The lowest BCUT2D eigenvalue weighted by Crippen LogP contribution is -2.25. The molecule has 0 saturated carbocycles. The molecule has 0 aliphatic carbocycles. The number of fused-ring (bicyclic) bond motifs is 1. The Kier molecular flexibility index (Phi) is 6.70. The summed E-state index contributed by atoms with van der Waals surface area (Å²) in [5, 5.41) is 2.72. The first-order valence-electron chi connectivity index (χ1n) is 11.8. The maximum absolute atomic E-state index is 13.0. The Morgan fingerprint density at radius 2 is 1.69 bits per heavy atom. The lowest BCUT2D eigenvalue weighted by atomic mass is 9.84. The quantitative estimate of drug-likeness (QED) is 0.442. The molecule has 0 spiro atoms. The average Bonchev–Trinajstić information content (AvgIpc) is 3.40. The standard InChI is InChI=1S/C27H33N3O6.H2/c1-9-27(5)19-14-16(15(2)12-18(19)26(3,4)36-27)13-17-10-11-20(35-17)22(31)28-21-23(32-6)29-25(34-8)30-24(21)33-7;/h10-12,14H,9,13H2,1-8H3,(H,28,31);1H. The number of nitrogens with one attached hydrogen (secondary N) is 1. The molecule has 1 aromatic carbocycles. The predicted octanol–water partition coefficient (Wildman–Crippen LogP) is 5.38. The minimum absolute atomic E-state index is 0. The van der Waals surface area contributed by atoms with Gasteiger partial charge in [-0.15, -0.1) is 0 Å². The highest BCUT2D eigenvalue weighted by atomic mass is 16.5. The van der Waals surface area contributed by atoms with E-state index in [0.717, 1.165) is 17.5 Å². The molecule has 2 aromatic heterocycles. The third-order valence-electron chi connectivity index (χ3n) is 6.73. The van der Waals surface area contributed by atoms with Gasteiger partial charge in [-0.3, -0.25) is 4.79 Å². The van der Waals surface area contributed by atoms with Gasteiger partial charge in [-0.05, 0) is 68.5 Å². The molecular formula is C27H35N3O6. The van der Waals surface area contributed by atoms with Gasteiger partial charge in [-0.2, -0.15) is 9.97 Å². The Labute approximate surface area is 212 Å². The van der Waals surface area contributed by atoms with Crippen molar-refractivity contribution < 1.29 is 29.6 Å². The molecule has 194 valence electrons. The fourth-order valence-electron chi connectivity index (χ4n) is 4.67. The number of methoxy groups -OCH3 is 3. The summed E-state index contributed by atoms with van der Waals surface area (Å²) in [6.07, 6.45) is 1.42. The zero-order chi connectivity index (χ0) is 26.3. The van der Waals surface area contributed by atoms with Crippen molar-refractivity contribution in [2.75, 3.05) is 26.6 Å². The topological polar surface area (TPSA) is 105 Å². The van der Waals surface area contributed by atoms with Gasteiger partial charge in [0.2, 0.25) is 11.8 Å². The number of hydrogen-bond acceptors (Lipinski definition) is 8. The third-order valence-corrected chi connectivity index (χ3v) is 6.73. The molecule has 1 atom stereocenters. The molecule has 3 aromatic rings. The molecule has 4 rings (SSSR count). The van der Waals surface area contributed by atoms with E-state index < -0.39 is 5.91 Å². The van der Waals surface area contributed by atoms with Crippen LogP contribution in [0.25, 0.3) is 0 Å². The zero-order valence-corrected chi connectivity index (χ0v) is 22.1. The second-order valence-corrected chi connectivity index (χ2v) is 9.52. The largest absolute Gasteiger partial charge is 0.479 e. The molecule has 0 saturated heterocycles. The van der Waals surface area contributed by atoms with E-state index in [1.54, 1.807) is 12.1 Å². The Hall–Kier alpha value is -3.59. The van der Waals surface area contributed by atoms with Crippen LogP contribution in [0.15, 0.2) is 28.7 Å². The van der Waals surface area contributed by atoms with Crippen molar-refractivity contribution in [2.45, 2.75) is 58.7 Å². The van der Waals surface area contributed by atoms with E-state index in [9.17, 15) is 4.79 Å². The summed E-state index contributed by atoms with van der Waals surface area (Å²) in [6.45, 7) is 10.6. The summed E-state index contributed by atoms with van der Waals surface area (Å²) in [5.74, 6) is 0.551. The van der Waals surface area contributed by atoms with E-state index >= 15 is 0 Å². The van der Waals surface area contributed by atoms with Crippen LogP contribution >= 0.6 is 0 Å². The minimum atomic E-state index is -0.481. The van der Waals surface area contributed by atoms with Crippen LogP contribution in [0.1, 0.15) is 74.1 Å². The van der Waals surface area contributed by atoms with Crippen molar-refractivity contribution in [3.05, 3.63) is 58.0 Å². The summed E-state index contributed by atoms with van der Waals surface area (Å²) in [7, 11) is 4.28. The van der Waals surface area contributed by atoms with E-state index in [-0.39, 0.29) is 41.8 Å².